The molecular weight excluding hydrogens is 282 g/mol. The summed E-state index contributed by atoms with van der Waals surface area (Å²) in [7, 11) is 1.33. The van der Waals surface area contributed by atoms with Crippen LogP contribution in [0.2, 0.25) is 0 Å². The summed E-state index contributed by atoms with van der Waals surface area (Å²) in [5.74, 6) is -0.512. The van der Waals surface area contributed by atoms with Crippen molar-refractivity contribution in [2.45, 2.75) is 6.54 Å². The molecule has 2 aromatic rings. The molecule has 22 heavy (non-hydrogen) atoms. The van der Waals surface area contributed by atoms with Gasteiger partial charge in [-0.2, -0.15) is 0 Å². The van der Waals surface area contributed by atoms with Gasteiger partial charge < -0.3 is 15.4 Å². The average molecular weight is 299 g/mol. The maximum absolute atomic E-state index is 11.7. The molecule has 0 radical (unpaired) electrons. The highest BCUT2D eigenvalue weighted by Crippen LogP contribution is 2.09. The minimum atomic E-state index is -0.388. The zero-order valence-electron chi connectivity index (χ0n) is 12.2. The molecule has 0 unspecified atom stereocenters. The lowest BCUT2D eigenvalue weighted by atomic mass is 10.2. The van der Waals surface area contributed by atoms with E-state index >= 15 is 0 Å². The molecule has 1 heterocycles. The predicted molar refractivity (Wildman–Crippen MR) is 82.4 cm³/mol. The zero-order chi connectivity index (χ0) is 15.8. The molecule has 1 amide bonds. The number of carbonyl (C=O) groups excluding carboxylic acids is 2. The van der Waals surface area contributed by atoms with Gasteiger partial charge in [0.1, 0.15) is 0 Å². The summed E-state index contributed by atoms with van der Waals surface area (Å²) in [6, 6.07) is 10.4. The van der Waals surface area contributed by atoms with Crippen LogP contribution in [0, 0.1) is 0 Å². The topological polar surface area (TPSA) is 80.3 Å². The smallest absolute Gasteiger partial charge is 0.337 e. The molecule has 6 nitrogen and oxygen atoms in total. The Morgan fingerprint density at radius 2 is 1.95 bits per heavy atom. The van der Waals surface area contributed by atoms with E-state index in [0.717, 1.165) is 11.3 Å². The third kappa shape index (κ3) is 4.59. The minimum absolute atomic E-state index is 0.124. The number of pyridine rings is 1. The lowest BCUT2D eigenvalue weighted by molar-refractivity contribution is -0.119. The van der Waals surface area contributed by atoms with E-state index in [9.17, 15) is 9.59 Å². The van der Waals surface area contributed by atoms with E-state index < -0.39 is 0 Å². The SMILES string of the molecule is COC(=O)c1ccc(NCC(=O)NCc2cccnc2)cc1. The molecule has 0 atom stereocenters. The van der Waals surface area contributed by atoms with Crippen LogP contribution in [0.3, 0.4) is 0 Å². The van der Waals surface area contributed by atoms with E-state index in [1.807, 2.05) is 12.1 Å². The number of carbonyl (C=O) groups is 2. The van der Waals surface area contributed by atoms with Crippen LogP contribution >= 0.6 is 0 Å². The molecule has 0 aliphatic heterocycles. The molecule has 2 rings (SSSR count). The van der Waals surface area contributed by atoms with Gasteiger partial charge in [0.25, 0.3) is 0 Å². The van der Waals surface area contributed by atoms with Gasteiger partial charge in [-0.15, -0.1) is 0 Å². The minimum Gasteiger partial charge on any atom is -0.465 e. The van der Waals surface area contributed by atoms with E-state index in [4.69, 9.17) is 0 Å². The number of aromatic nitrogens is 1. The first-order chi connectivity index (χ1) is 10.7. The molecule has 0 aliphatic carbocycles. The Morgan fingerprint density at radius 1 is 1.18 bits per heavy atom. The second kappa shape index (κ2) is 7.78. The lowest BCUT2D eigenvalue weighted by Crippen LogP contribution is -2.29. The lowest BCUT2D eigenvalue weighted by Gasteiger charge is -2.08. The first-order valence-corrected chi connectivity index (χ1v) is 6.77. The summed E-state index contributed by atoms with van der Waals surface area (Å²) in [5.41, 5.74) is 2.16. The van der Waals surface area contributed by atoms with Crippen molar-refractivity contribution in [1.82, 2.24) is 10.3 Å². The number of nitrogens with zero attached hydrogens (tertiary/aromatic N) is 1. The van der Waals surface area contributed by atoms with Crippen molar-refractivity contribution < 1.29 is 14.3 Å². The molecule has 6 heteroatoms. The van der Waals surface area contributed by atoms with Crippen LogP contribution in [-0.2, 0) is 16.1 Å². The molecule has 0 saturated carbocycles. The van der Waals surface area contributed by atoms with Gasteiger partial charge in [-0.3, -0.25) is 9.78 Å². The monoisotopic (exact) mass is 299 g/mol. The first-order valence-electron chi connectivity index (χ1n) is 6.77. The number of anilines is 1. The first kappa shape index (κ1) is 15.5. The van der Waals surface area contributed by atoms with Crippen LogP contribution in [-0.4, -0.2) is 30.5 Å². The second-order valence-electron chi connectivity index (χ2n) is 4.56. The normalized spacial score (nSPS) is 9.86. The average Bonchev–Trinajstić information content (AvgIpc) is 2.58. The van der Waals surface area contributed by atoms with Crippen molar-refractivity contribution in [2.24, 2.45) is 0 Å². The van der Waals surface area contributed by atoms with Crippen molar-refractivity contribution >= 4 is 17.6 Å². The number of esters is 1. The van der Waals surface area contributed by atoms with Gasteiger partial charge in [-0.1, -0.05) is 6.07 Å². The predicted octanol–water partition coefficient (Wildman–Crippen LogP) is 1.60. The van der Waals surface area contributed by atoms with E-state index in [0.29, 0.717) is 12.1 Å². The van der Waals surface area contributed by atoms with E-state index in [2.05, 4.69) is 20.4 Å². The third-order valence-corrected chi connectivity index (χ3v) is 2.97. The molecule has 0 aliphatic rings. The van der Waals surface area contributed by atoms with Crippen LogP contribution in [0.5, 0.6) is 0 Å². The fourth-order valence-electron chi connectivity index (χ4n) is 1.79. The van der Waals surface area contributed by atoms with Crippen molar-refractivity contribution in [3.05, 3.63) is 59.9 Å². The van der Waals surface area contributed by atoms with Crippen LogP contribution in [0.25, 0.3) is 0 Å². The van der Waals surface area contributed by atoms with Crippen LogP contribution in [0.1, 0.15) is 15.9 Å². The number of hydrogen-bond donors (Lipinski definition) is 2. The van der Waals surface area contributed by atoms with Crippen molar-refractivity contribution in [3.8, 4) is 0 Å². The maximum Gasteiger partial charge on any atom is 0.337 e. The fourth-order valence-corrected chi connectivity index (χ4v) is 1.79. The van der Waals surface area contributed by atoms with Gasteiger partial charge in [0.15, 0.2) is 0 Å². The summed E-state index contributed by atoms with van der Waals surface area (Å²) < 4.78 is 4.62. The van der Waals surface area contributed by atoms with Crippen LogP contribution in [0.4, 0.5) is 5.69 Å². The van der Waals surface area contributed by atoms with Gasteiger partial charge in [0.05, 0.1) is 19.2 Å². The van der Waals surface area contributed by atoms with E-state index in [1.165, 1.54) is 7.11 Å². The van der Waals surface area contributed by atoms with Gasteiger partial charge in [0, 0.05) is 24.6 Å². The molecular formula is C16H17N3O3. The number of amides is 1. The standard InChI is InChI=1S/C16H17N3O3/c1-22-16(21)13-4-6-14(7-5-13)18-11-15(20)19-10-12-3-2-8-17-9-12/h2-9,18H,10-11H2,1H3,(H,19,20). The summed E-state index contributed by atoms with van der Waals surface area (Å²) in [5, 5.41) is 5.78. The summed E-state index contributed by atoms with van der Waals surface area (Å²) in [4.78, 5) is 27.0. The van der Waals surface area contributed by atoms with Gasteiger partial charge in [-0.05, 0) is 35.9 Å². The molecule has 0 bridgehead atoms. The summed E-state index contributed by atoms with van der Waals surface area (Å²) in [6.07, 6.45) is 3.39. The van der Waals surface area contributed by atoms with Crippen LogP contribution in [0.15, 0.2) is 48.8 Å². The third-order valence-electron chi connectivity index (χ3n) is 2.97. The van der Waals surface area contributed by atoms with E-state index in [1.54, 1.807) is 36.7 Å². The van der Waals surface area contributed by atoms with Crippen molar-refractivity contribution in [2.75, 3.05) is 19.0 Å². The molecule has 2 N–H and O–H groups in total. The van der Waals surface area contributed by atoms with Crippen LogP contribution < -0.4 is 10.6 Å². The highest BCUT2D eigenvalue weighted by atomic mass is 16.5. The Hall–Kier alpha value is -2.89. The number of benzene rings is 1. The Morgan fingerprint density at radius 3 is 2.59 bits per heavy atom. The molecule has 114 valence electrons. The Labute approximate surface area is 128 Å². The molecule has 0 spiro atoms. The summed E-state index contributed by atoms with van der Waals surface area (Å²) in [6.45, 7) is 0.591. The number of nitrogens with one attached hydrogen (secondary N) is 2. The number of rotatable bonds is 6. The highest BCUT2D eigenvalue weighted by Gasteiger charge is 2.05. The second-order valence-corrected chi connectivity index (χ2v) is 4.56. The maximum atomic E-state index is 11.7. The number of ether oxygens (including phenoxy) is 1. The number of methoxy groups -OCH3 is 1. The van der Waals surface area contributed by atoms with Crippen molar-refractivity contribution in [1.29, 1.82) is 0 Å². The molecule has 1 aromatic carbocycles. The molecule has 0 saturated heterocycles. The zero-order valence-corrected chi connectivity index (χ0v) is 12.2. The Balaban J connectivity index is 1.77. The van der Waals surface area contributed by atoms with E-state index in [-0.39, 0.29) is 18.4 Å². The van der Waals surface area contributed by atoms with Crippen molar-refractivity contribution in [3.63, 3.8) is 0 Å². The van der Waals surface area contributed by atoms with Gasteiger partial charge in [-0.25, -0.2) is 4.79 Å². The highest BCUT2D eigenvalue weighted by molar-refractivity contribution is 5.89. The van der Waals surface area contributed by atoms with Gasteiger partial charge >= 0.3 is 5.97 Å². The number of hydrogen-bond acceptors (Lipinski definition) is 5. The molecule has 0 fully saturated rings. The largest absolute Gasteiger partial charge is 0.465 e. The Bertz CT molecular complexity index is 627. The fraction of sp³-hybridized carbons (Fsp3) is 0.188. The van der Waals surface area contributed by atoms with Gasteiger partial charge in [0.2, 0.25) is 5.91 Å². The quantitative estimate of drug-likeness (QED) is 0.792. The molecule has 1 aromatic heterocycles. The summed E-state index contributed by atoms with van der Waals surface area (Å²) >= 11 is 0. The Kier molecular flexibility index (Phi) is 5.48.